The van der Waals surface area contributed by atoms with Crippen LogP contribution in [0.4, 0.5) is 0 Å². The molecule has 0 aliphatic carbocycles. The van der Waals surface area contributed by atoms with Crippen molar-refractivity contribution >= 4 is 12.2 Å². The van der Waals surface area contributed by atoms with Gasteiger partial charge < -0.3 is 9.30 Å². The zero-order valence-electron chi connectivity index (χ0n) is 10.2. The smallest absolute Gasteiger partial charge is 0.0504 e. The Hall–Kier alpha value is -1.02. The molecule has 1 atom stereocenters. The fraction of sp³-hybridized carbons (Fsp3) is 0.538. The number of methoxy groups -OCH3 is 1. The van der Waals surface area contributed by atoms with Crippen molar-refractivity contribution in [2.24, 2.45) is 5.92 Å². The van der Waals surface area contributed by atoms with E-state index in [4.69, 9.17) is 4.74 Å². The van der Waals surface area contributed by atoms with Crippen molar-refractivity contribution in [1.29, 1.82) is 0 Å². The van der Waals surface area contributed by atoms with Gasteiger partial charge in [0.2, 0.25) is 0 Å². The van der Waals surface area contributed by atoms with Crippen LogP contribution in [0, 0.1) is 5.92 Å². The van der Waals surface area contributed by atoms with Gasteiger partial charge in [0, 0.05) is 25.2 Å². The van der Waals surface area contributed by atoms with Gasteiger partial charge in [-0.1, -0.05) is 19.1 Å². The molecular weight excluding hydrogens is 186 g/mol. The van der Waals surface area contributed by atoms with Gasteiger partial charge in [-0.25, -0.2) is 0 Å². The van der Waals surface area contributed by atoms with Gasteiger partial charge in [0.05, 0.1) is 6.61 Å². The van der Waals surface area contributed by atoms with Gasteiger partial charge in [0.25, 0.3) is 0 Å². The lowest BCUT2D eigenvalue weighted by atomic mass is 10.2. The molecule has 1 aromatic heterocycles. The van der Waals surface area contributed by atoms with Crippen molar-refractivity contribution in [3.63, 3.8) is 0 Å². The molecule has 1 unspecified atom stereocenters. The van der Waals surface area contributed by atoms with E-state index in [1.165, 1.54) is 10.6 Å². The molecule has 0 saturated heterocycles. The van der Waals surface area contributed by atoms with Crippen molar-refractivity contribution in [2.45, 2.75) is 27.3 Å². The van der Waals surface area contributed by atoms with E-state index in [0.717, 1.165) is 13.2 Å². The number of aromatic nitrogens is 1. The third kappa shape index (κ3) is 2.96. The molecule has 0 saturated carbocycles. The first-order valence-electron chi connectivity index (χ1n) is 5.49. The zero-order valence-corrected chi connectivity index (χ0v) is 10.2. The minimum absolute atomic E-state index is 0.547. The lowest BCUT2D eigenvalue weighted by molar-refractivity contribution is 0.151. The van der Waals surface area contributed by atoms with Crippen LogP contribution in [-0.4, -0.2) is 18.3 Å². The van der Waals surface area contributed by atoms with E-state index >= 15 is 0 Å². The summed E-state index contributed by atoms with van der Waals surface area (Å²) in [4.78, 5) is 0. The van der Waals surface area contributed by atoms with Crippen LogP contribution in [-0.2, 0) is 11.3 Å². The molecule has 0 aliphatic heterocycles. The Balaban J connectivity index is 2.92. The van der Waals surface area contributed by atoms with Gasteiger partial charge in [0.15, 0.2) is 0 Å². The summed E-state index contributed by atoms with van der Waals surface area (Å²) >= 11 is 0. The Morgan fingerprint density at radius 3 is 2.67 bits per heavy atom. The summed E-state index contributed by atoms with van der Waals surface area (Å²) in [7, 11) is 1.75. The summed E-state index contributed by atoms with van der Waals surface area (Å²) in [5.41, 5.74) is 0. The molecule has 0 amide bonds. The molecule has 1 aromatic rings. The van der Waals surface area contributed by atoms with E-state index in [1.54, 1.807) is 7.11 Å². The van der Waals surface area contributed by atoms with Crippen LogP contribution in [0.25, 0.3) is 12.2 Å². The Kier molecular flexibility index (Phi) is 4.63. The first-order chi connectivity index (χ1) is 7.22. The minimum Gasteiger partial charge on any atom is -0.384 e. The van der Waals surface area contributed by atoms with E-state index in [9.17, 15) is 0 Å². The average Bonchev–Trinajstić information content (AvgIpc) is 2.60. The average molecular weight is 207 g/mol. The van der Waals surface area contributed by atoms with Gasteiger partial charge in [0.1, 0.15) is 0 Å². The predicted molar refractivity (Wildman–Crippen MR) is 65.0 cm³/mol. The fourth-order valence-corrected chi connectivity index (χ4v) is 1.91. The van der Waals surface area contributed by atoms with Crippen molar-refractivity contribution in [1.82, 2.24) is 4.57 Å². The molecule has 2 nitrogen and oxygen atoms in total. The first kappa shape index (κ1) is 12.1. The second-order valence-corrected chi connectivity index (χ2v) is 3.95. The maximum absolute atomic E-state index is 5.15. The van der Waals surface area contributed by atoms with E-state index < -0.39 is 0 Å². The van der Waals surface area contributed by atoms with Gasteiger partial charge in [-0.2, -0.15) is 0 Å². The van der Waals surface area contributed by atoms with Gasteiger partial charge >= 0.3 is 0 Å². The highest BCUT2D eigenvalue weighted by Crippen LogP contribution is 1.97. The van der Waals surface area contributed by atoms with Crippen LogP contribution in [0.2, 0.25) is 0 Å². The Labute approximate surface area is 91.9 Å². The maximum atomic E-state index is 5.15. The number of hydrogen-bond donors (Lipinski definition) is 0. The second-order valence-electron chi connectivity index (χ2n) is 3.95. The third-order valence-corrected chi connectivity index (χ3v) is 2.58. The molecule has 0 spiro atoms. The first-order valence-corrected chi connectivity index (χ1v) is 5.49. The van der Waals surface area contributed by atoms with Crippen molar-refractivity contribution < 1.29 is 4.74 Å². The van der Waals surface area contributed by atoms with E-state index in [0.29, 0.717) is 5.92 Å². The largest absolute Gasteiger partial charge is 0.384 e. The standard InChI is InChI=1S/C13H21NO/c1-5-12-7-8-14(13(12)6-2)9-11(3)10-15-4/h5-8,11H,9-10H2,1-4H3/b12-5-,13-6+. The molecule has 84 valence electrons. The van der Waals surface area contributed by atoms with Crippen LogP contribution in [0.15, 0.2) is 12.3 Å². The molecule has 0 radical (unpaired) electrons. The fourth-order valence-electron chi connectivity index (χ4n) is 1.91. The summed E-state index contributed by atoms with van der Waals surface area (Å²) in [6.45, 7) is 8.19. The molecule has 1 rings (SSSR count). The summed E-state index contributed by atoms with van der Waals surface area (Å²) in [5.74, 6) is 0.547. The van der Waals surface area contributed by atoms with Crippen LogP contribution in [0.1, 0.15) is 20.8 Å². The quantitative estimate of drug-likeness (QED) is 0.727. The van der Waals surface area contributed by atoms with Crippen LogP contribution < -0.4 is 10.6 Å². The monoisotopic (exact) mass is 207 g/mol. The summed E-state index contributed by atoms with van der Waals surface area (Å²) < 4.78 is 7.44. The highest BCUT2D eigenvalue weighted by Gasteiger charge is 2.03. The summed E-state index contributed by atoms with van der Waals surface area (Å²) in [6, 6.07) is 2.16. The minimum atomic E-state index is 0.547. The van der Waals surface area contributed by atoms with Crippen LogP contribution in [0.3, 0.4) is 0 Å². The van der Waals surface area contributed by atoms with Crippen LogP contribution >= 0.6 is 0 Å². The maximum Gasteiger partial charge on any atom is 0.0504 e. The van der Waals surface area contributed by atoms with Crippen molar-refractivity contribution in [2.75, 3.05) is 13.7 Å². The highest BCUT2D eigenvalue weighted by atomic mass is 16.5. The lowest BCUT2D eigenvalue weighted by Gasteiger charge is -2.11. The molecule has 0 N–H and O–H groups in total. The number of rotatable bonds is 4. The van der Waals surface area contributed by atoms with Gasteiger partial charge in [-0.05, 0) is 31.1 Å². The number of hydrogen-bond acceptors (Lipinski definition) is 1. The Morgan fingerprint density at radius 1 is 1.40 bits per heavy atom. The predicted octanol–water partition coefficient (Wildman–Crippen LogP) is 1.37. The molecule has 15 heavy (non-hydrogen) atoms. The van der Waals surface area contributed by atoms with E-state index in [2.05, 4.69) is 49.8 Å². The van der Waals surface area contributed by atoms with E-state index in [1.807, 2.05) is 0 Å². The summed E-state index contributed by atoms with van der Waals surface area (Å²) in [6.07, 6.45) is 6.46. The van der Waals surface area contributed by atoms with Gasteiger partial charge in [-0.3, -0.25) is 0 Å². The zero-order chi connectivity index (χ0) is 11.3. The normalized spacial score (nSPS) is 16.0. The molecule has 0 aliphatic rings. The van der Waals surface area contributed by atoms with Crippen LogP contribution in [0.5, 0.6) is 0 Å². The Morgan fingerprint density at radius 2 is 2.13 bits per heavy atom. The number of ether oxygens (including phenoxy) is 1. The second kappa shape index (κ2) is 5.76. The molecule has 1 heterocycles. The molecular formula is C13H21NO. The number of nitrogens with zero attached hydrogens (tertiary/aromatic N) is 1. The lowest BCUT2D eigenvalue weighted by Crippen LogP contribution is -2.30. The van der Waals surface area contributed by atoms with E-state index in [-0.39, 0.29) is 0 Å². The topological polar surface area (TPSA) is 14.2 Å². The molecule has 0 fully saturated rings. The third-order valence-electron chi connectivity index (χ3n) is 2.58. The van der Waals surface area contributed by atoms with Gasteiger partial charge in [-0.15, -0.1) is 0 Å². The molecule has 0 aromatic carbocycles. The van der Waals surface area contributed by atoms with Crippen molar-refractivity contribution in [3.05, 3.63) is 22.8 Å². The summed E-state index contributed by atoms with van der Waals surface area (Å²) in [5, 5.41) is 2.61. The Bertz CT molecular complexity index is 403. The highest BCUT2D eigenvalue weighted by molar-refractivity contribution is 5.26. The molecule has 2 heteroatoms. The molecule has 0 bridgehead atoms. The van der Waals surface area contributed by atoms with Crippen molar-refractivity contribution in [3.8, 4) is 0 Å². The SMILES string of the molecule is C/C=c1/ccn(CC(C)COC)/c1=C/C.